The molecule has 1 fully saturated rings. The largest absolute Gasteiger partial charge is 0.494 e. The van der Waals surface area contributed by atoms with Gasteiger partial charge in [-0.05, 0) is 54.8 Å². The van der Waals surface area contributed by atoms with Crippen molar-refractivity contribution in [3.05, 3.63) is 90.0 Å². The van der Waals surface area contributed by atoms with Gasteiger partial charge in [0.05, 0.1) is 26.4 Å². The minimum atomic E-state index is -0.167. The van der Waals surface area contributed by atoms with E-state index in [2.05, 4.69) is 22.8 Å². The van der Waals surface area contributed by atoms with Crippen molar-refractivity contribution < 1.29 is 19.1 Å². The van der Waals surface area contributed by atoms with E-state index >= 15 is 0 Å². The first-order chi connectivity index (χ1) is 17.2. The number of amides is 2. The SMILES string of the molecule is O=C(CNc1ccc(C(=O)N2CCOCC2)cc1)Nc1cccc(OCCCc2ccccc2)c1. The van der Waals surface area contributed by atoms with Gasteiger partial charge in [-0.2, -0.15) is 0 Å². The van der Waals surface area contributed by atoms with Crippen molar-refractivity contribution in [2.75, 3.05) is 50.1 Å². The van der Waals surface area contributed by atoms with Crippen LogP contribution < -0.4 is 15.4 Å². The summed E-state index contributed by atoms with van der Waals surface area (Å²) < 4.78 is 11.1. The second-order valence-corrected chi connectivity index (χ2v) is 8.35. The molecule has 0 aliphatic carbocycles. The lowest BCUT2D eigenvalue weighted by atomic mass is 10.1. The highest BCUT2D eigenvalue weighted by Gasteiger charge is 2.18. The molecule has 1 aliphatic rings. The Morgan fingerprint density at radius 3 is 2.43 bits per heavy atom. The molecule has 0 bridgehead atoms. The van der Waals surface area contributed by atoms with Crippen LogP contribution in [0.2, 0.25) is 0 Å². The van der Waals surface area contributed by atoms with Crippen molar-refractivity contribution in [1.82, 2.24) is 4.90 Å². The van der Waals surface area contributed by atoms with Crippen molar-refractivity contribution in [2.45, 2.75) is 12.8 Å². The Bertz CT molecular complexity index is 1100. The molecule has 0 spiro atoms. The molecule has 7 heteroatoms. The summed E-state index contributed by atoms with van der Waals surface area (Å²) >= 11 is 0. The van der Waals surface area contributed by atoms with E-state index in [1.807, 2.05) is 54.6 Å². The van der Waals surface area contributed by atoms with Crippen LogP contribution in [-0.2, 0) is 16.0 Å². The molecule has 1 saturated heterocycles. The summed E-state index contributed by atoms with van der Waals surface area (Å²) in [6.07, 6.45) is 1.88. The molecule has 4 rings (SSSR count). The lowest BCUT2D eigenvalue weighted by Crippen LogP contribution is -2.40. The highest BCUT2D eigenvalue weighted by Crippen LogP contribution is 2.18. The third-order valence-corrected chi connectivity index (χ3v) is 5.72. The summed E-state index contributed by atoms with van der Waals surface area (Å²) in [5.41, 5.74) is 3.38. The van der Waals surface area contributed by atoms with Gasteiger partial charge < -0.3 is 25.0 Å². The highest BCUT2D eigenvalue weighted by atomic mass is 16.5. The summed E-state index contributed by atoms with van der Waals surface area (Å²) in [6.45, 7) is 3.09. The summed E-state index contributed by atoms with van der Waals surface area (Å²) in [5.74, 6) is 0.559. The standard InChI is InChI=1S/C28H31N3O4/c32-27(21-29-24-13-11-23(12-14-24)28(33)31-15-18-34-19-16-31)30-25-9-4-10-26(20-25)35-17-5-8-22-6-2-1-3-7-22/h1-4,6-7,9-14,20,29H,5,8,15-19,21H2,(H,30,32). The molecular formula is C28H31N3O4. The molecule has 1 heterocycles. The molecule has 0 saturated carbocycles. The second-order valence-electron chi connectivity index (χ2n) is 8.35. The van der Waals surface area contributed by atoms with Gasteiger partial charge >= 0.3 is 0 Å². The fourth-order valence-corrected chi connectivity index (χ4v) is 3.84. The van der Waals surface area contributed by atoms with Crippen molar-refractivity contribution in [2.24, 2.45) is 0 Å². The molecule has 0 radical (unpaired) electrons. The zero-order chi connectivity index (χ0) is 24.3. The number of aryl methyl sites for hydroxylation is 1. The number of benzene rings is 3. The number of carbonyl (C=O) groups is 2. The lowest BCUT2D eigenvalue weighted by molar-refractivity contribution is -0.114. The van der Waals surface area contributed by atoms with Crippen LogP contribution in [-0.4, -0.2) is 56.2 Å². The predicted octanol–water partition coefficient (Wildman–Crippen LogP) is 4.22. The van der Waals surface area contributed by atoms with Gasteiger partial charge in [0.25, 0.3) is 5.91 Å². The normalized spacial score (nSPS) is 13.2. The van der Waals surface area contributed by atoms with Gasteiger partial charge in [0, 0.05) is 36.1 Å². The molecule has 2 amide bonds. The monoisotopic (exact) mass is 473 g/mol. The van der Waals surface area contributed by atoms with Gasteiger partial charge in [0.15, 0.2) is 0 Å². The first-order valence-electron chi connectivity index (χ1n) is 11.9. The molecule has 0 aromatic heterocycles. The minimum absolute atomic E-state index is 0.000223. The summed E-state index contributed by atoms with van der Waals surface area (Å²) in [7, 11) is 0. The molecule has 3 aromatic carbocycles. The molecule has 0 atom stereocenters. The first-order valence-corrected chi connectivity index (χ1v) is 11.9. The fourth-order valence-electron chi connectivity index (χ4n) is 3.84. The van der Waals surface area contributed by atoms with Gasteiger partial charge in [0.1, 0.15) is 5.75 Å². The zero-order valence-corrected chi connectivity index (χ0v) is 19.7. The smallest absolute Gasteiger partial charge is 0.254 e. The van der Waals surface area contributed by atoms with Crippen LogP contribution in [0.1, 0.15) is 22.3 Å². The highest BCUT2D eigenvalue weighted by molar-refractivity contribution is 5.95. The first kappa shape index (κ1) is 24.3. The van der Waals surface area contributed by atoms with Crippen LogP contribution in [0.25, 0.3) is 0 Å². The van der Waals surface area contributed by atoms with E-state index < -0.39 is 0 Å². The Kier molecular flexibility index (Phi) is 8.73. The molecular weight excluding hydrogens is 442 g/mol. The number of nitrogens with zero attached hydrogens (tertiary/aromatic N) is 1. The van der Waals surface area contributed by atoms with Crippen LogP contribution in [0, 0.1) is 0 Å². The van der Waals surface area contributed by atoms with E-state index in [1.165, 1.54) is 5.56 Å². The molecule has 0 unspecified atom stereocenters. The van der Waals surface area contributed by atoms with Crippen molar-refractivity contribution in [1.29, 1.82) is 0 Å². The van der Waals surface area contributed by atoms with Crippen molar-refractivity contribution in [3.8, 4) is 5.75 Å². The Hall–Kier alpha value is -3.84. The maximum Gasteiger partial charge on any atom is 0.254 e. The van der Waals surface area contributed by atoms with Crippen LogP contribution in [0.4, 0.5) is 11.4 Å². The predicted molar refractivity (Wildman–Crippen MR) is 137 cm³/mol. The van der Waals surface area contributed by atoms with E-state index in [0.29, 0.717) is 44.2 Å². The van der Waals surface area contributed by atoms with Gasteiger partial charge in [-0.15, -0.1) is 0 Å². The number of anilines is 2. The summed E-state index contributed by atoms with van der Waals surface area (Å²) in [5, 5.41) is 5.98. The molecule has 1 aliphatic heterocycles. The van der Waals surface area contributed by atoms with Gasteiger partial charge in [-0.1, -0.05) is 36.4 Å². The molecule has 7 nitrogen and oxygen atoms in total. The third kappa shape index (κ3) is 7.58. The van der Waals surface area contributed by atoms with E-state index in [0.717, 1.165) is 24.3 Å². The number of morpholine rings is 1. The van der Waals surface area contributed by atoms with Crippen LogP contribution in [0.15, 0.2) is 78.9 Å². The topological polar surface area (TPSA) is 79.9 Å². The summed E-state index contributed by atoms with van der Waals surface area (Å²) in [6, 6.07) is 24.9. The number of nitrogens with one attached hydrogen (secondary N) is 2. The fraction of sp³-hybridized carbons (Fsp3) is 0.286. The molecule has 3 aromatic rings. The van der Waals surface area contributed by atoms with Crippen molar-refractivity contribution >= 4 is 23.2 Å². The van der Waals surface area contributed by atoms with Gasteiger partial charge in [-0.3, -0.25) is 9.59 Å². The van der Waals surface area contributed by atoms with Crippen LogP contribution in [0.3, 0.4) is 0 Å². The average molecular weight is 474 g/mol. The lowest BCUT2D eigenvalue weighted by Gasteiger charge is -2.26. The average Bonchev–Trinajstić information content (AvgIpc) is 2.91. The number of hydrogen-bond acceptors (Lipinski definition) is 5. The summed E-state index contributed by atoms with van der Waals surface area (Å²) in [4.78, 5) is 26.7. The van der Waals surface area contributed by atoms with Crippen LogP contribution >= 0.6 is 0 Å². The van der Waals surface area contributed by atoms with Crippen molar-refractivity contribution in [3.63, 3.8) is 0 Å². The van der Waals surface area contributed by atoms with Crippen LogP contribution in [0.5, 0.6) is 5.75 Å². The van der Waals surface area contributed by atoms with Gasteiger partial charge in [-0.25, -0.2) is 0 Å². The van der Waals surface area contributed by atoms with E-state index in [9.17, 15) is 9.59 Å². The maximum atomic E-state index is 12.5. The molecule has 2 N–H and O–H groups in total. The third-order valence-electron chi connectivity index (χ3n) is 5.72. The maximum absolute atomic E-state index is 12.5. The van der Waals surface area contributed by atoms with E-state index in [4.69, 9.17) is 9.47 Å². The number of carbonyl (C=O) groups excluding carboxylic acids is 2. The minimum Gasteiger partial charge on any atom is -0.494 e. The van der Waals surface area contributed by atoms with Gasteiger partial charge in [0.2, 0.25) is 5.91 Å². The van der Waals surface area contributed by atoms with E-state index in [-0.39, 0.29) is 18.4 Å². The Morgan fingerprint density at radius 2 is 1.66 bits per heavy atom. The Balaban J connectivity index is 1.19. The number of ether oxygens (including phenoxy) is 2. The van der Waals surface area contributed by atoms with E-state index in [1.54, 1.807) is 17.0 Å². The molecule has 182 valence electrons. The number of hydrogen-bond donors (Lipinski definition) is 2. The Labute approximate surface area is 206 Å². The quantitative estimate of drug-likeness (QED) is 0.431. The molecule has 35 heavy (non-hydrogen) atoms. The second kappa shape index (κ2) is 12.6. The Morgan fingerprint density at radius 1 is 0.886 bits per heavy atom. The zero-order valence-electron chi connectivity index (χ0n) is 19.7. The number of rotatable bonds is 10.